The molecule has 4 aliphatic rings. The largest absolute Gasteiger partial charge is 0.493 e. The molecule has 4 saturated carbocycles. The lowest BCUT2D eigenvalue weighted by molar-refractivity contribution is -0.152. The van der Waals surface area contributed by atoms with E-state index in [0.717, 1.165) is 42.6 Å². The average molecular weight is 414 g/mol. The van der Waals surface area contributed by atoms with Crippen LogP contribution in [0.25, 0.3) is 6.08 Å². The molecule has 0 unspecified atom stereocenters. The molecule has 5 rings (SSSR count). The van der Waals surface area contributed by atoms with Gasteiger partial charge in [0.05, 0.1) is 14.2 Å². The summed E-state index contributed by atoms with van der Waals surface area (Å²) >= 11 is 0. The van der Waals surface area contributed by atoms with Crippen molar-refractivity contribution < 1.29 is 23.8 Å². The van der Waals surface area contributed by atoms with E-state index in [0.29, 0.717) is 11.5 Å². The van der Waals surface area contributed by atoms with Crippen molar-refractivity contribution in [3.8, 4) is 11.5 Å². The van der Waals surface area contributed by atoms with Crippen molar-refractivity contribution in [1.29, 1.82) is 0 Å². The molecule has 6 heteroatoms. The summed E-state index contributed by atoms with van der Waals surface area (Å²) in [5.74, 6) is 2.71. The number of rotatable bonds is 7. The van der Waals surface area contributed by atoms with Crippen LogP contribution in [-0.2, 0) is 14.3 Å². The standard InChI is InChI=1S/C24H31NO5/c1-15(23(27)25-24-12-17-8-18(13-24)10-19(9-17)14-24)30-22(26)7-5-16-4-6-20(28-2)21(11-16)29-3/h4-7,11,15,17-19H,8-10,12-14H2,1-3H3,(H,25,27)/b7-5+/t15-,17?,18?,19?,24?/m1/s1. The van der Waals surface area contributed by atoms with Crippen molar-refractivity contribution in [1.82, 2.24) is 5.32 Å². The summed E-state index contributed by atoms with van der Waals surface area (Å²) in [7, 11) is 3.13. The summed E-state index contributed by atoms with van der Waals surface area (Å²) in [6, 6.07) is 5.35. The van der Waals surface area contributed by atoms with Crippen LogP contribution in [0, 0.1) is 17.8 Å². The zero-order chi connectivity index (χ0) is 21.3. The molecule has 30 heavy (non-hydrogen) atoms. The zero-order valence-electron chi connectivity index (χ0n) is 18.0. The number of hydrogen-bond acceptors (Lipinski definition) is 5. The Balaban J connectivity index is 1.32. The molecule has 0 aromatic heterocycles. The number of esters is 1. The Morgan fingerprint density at radius 1 is 1.03 bits per heavy atom. The van der Waals surface area contributed by atoms with Crippen molar-refractivity contribution in [2.75, 3.05) is 14.2 Å². The molecule has 4 bridgehead atoms. The van der Waals surface area contributed by atoms with Crippen molar-refractivity contribution in [2.24, 2.45) is 17.8 Å². The van der Waals surface area contributed by atoms with Crippen LogP contribution >= 0.6 is 0 Å². The van der Waals surface area contributed by atoms with Gasteiger partial charge in [0.2, 0.25) is 0 Å². The maximum atomic E-state index is 12.7. The topological polar surface area (TPSA) is 73.9 Å². The van der Waals surface area contributed by atoms with Crippen molar-refractivity contribution in [2.45, 2.75) is 57.1 Å². The van der Waals surface area contributed by atoms with Gasteiger partial charge in [-0.1, -0.05) is 6.07 Å². The predicted octanol–water partition coefficient (Wildman–Crippen LogP) is 3.73. The molecule has 0 aliphatic heterocycles. The molecule has 1 aromatic carbocycles. The molecular weight excluding hydrogens is 382 g/mol. The predicted molar refractivity (Wildman–Crippen MR) is 113 cm³/mol. The summed E-state index contributed by atoms with van der Waals surface area (Å²) in [5, 5.41) is 3.26. The van der Waals surface area contributed by atoms with Gasteiger partial charge in [-0.2, -0.15) is 0 Å². The molecule has 162 valence electrons. The van der Waals surface area contributed by atoms with Crippen molar-refractivity contribution in [3.63, 3.8) is 0 Å². The van der Waals surface area contributed by atoms with Gasteiger partial charge in [0.1, 0.15) is 0 Å². The van der Waals surface area contributed by atoms with Crippen molar-refractivity contribution in [3.05, 3.63) is 29.8 Å². The first-order valence-electron chi connectivity index (χ1n) is 10.8. The van der Waals surface area contributed by atoms with E-state index >= 15 is 0 Å². The molecule has 6 nitrogen and oxygen atoms in total. The van der Waals surface area contributed by atoms with Crippen LogP contribution in [0.2, 0.25) is 0 Å². The number of benzene rings is 1. The first-order valence-corrected chi connectivity index (χ1v) is 10.8. The van der Waals surface area contributed by atoms with Gasteiger partial charge in [0.15, 0.2) is 17.6 Å². The second-order valence-electron chi connectivity index (χ2n) is 9.21. The number of carbonyl (C=O) groups is 2. The number of hydrogen-bond donors (Lipinski definition) is 1. The highest BCUT2D eigenvalue weighted by atomic mass is 16.5. The molecule has 4 aliphatic carbocycles. The van der Waals surface area contributed by atoms with Gasteiger partial charge < -0.3 is 19.5 Å². The molecule has 0 spiro atoms. The monoisotopic (exact) mass is 413 g/mol. The highest BCUT2D eigenvalue weighted by Crippen LogP contribution is 2.55. The third kappa shape index (κ3) is 4.32. The van der Waals surface area contributed by atoms with Gasteiger partial charge in [-0.3, -0.25) is 4.79 Å². The number of nitrogens with one attached hydrogen (secondary N) is 1. The summed E-state index contributed by atoms with van der Waals surface area (Å²) in [6.07, 6.45) is 9.33. The number of carbonyl (C=O) groups excluding carboxylic acids is 2. The fourth-order valence-electron chi connectivity index (χ4n) is 6.01. The van der Waals surface area contributed by atoms with Crippen LogP contribution in [0.1, 0.15) is 51.0 Å². The van der Waals surface area contributed by atoms with Crippen LogP contribution in [0.15, 0.2) is 24.3 Å². The van der Waals surface area contributed by atoms with Gasteiger partial charge in [0.25, 0.3) is 5.91 Å². The van der Waals surface area contributed by atoms with E-state index < -0.39 is 12.1 Å². The Morgan fingerprint density at radius 2 is 1.63 bits per heavy atom. The van der Waals surface area contributed by atoms with Gasteiger partial charge in [0, 0.05) is 11.6 Å². The number of amides is 1. The molecule has 0 radical (unpaired) electrons. The minimum atomic E-state index is -0.819. The molecule has 1 amide bonds. The lowest BCUT2D eigenvalue weighted by Gasteiger charge is -2.57. The molecule has 4 fully saturated rings. The highest BCUT2D eigenvalue weighted by molar-refractivity contribution is 5.90. The van der Waals surface area contributed by atoms with Crippen LogP contribution in [-0.4, -0.2) is 37.7 Å². The third-order valence-corrected chi connectivity index (χ3v) is 6.91. The first kappa shape index (κ1) is 20.8. The number of ether oxygens (including phenoxy) is 3. The second-order valence-corrected chi connectivity index (χ2v) is 9.21. The molecule has 0 heterocycles. The normalized spacial score (nSPS) is 30.2. The third-order valence-electron chi connectivity index (χ3n) is 6.91. The zero-order valence-corrected chi connectivity index (χ0v) is 18.0. The maximum Gasteiger partial charge on any atom is 0.331 e. The SMILES string of the molecule is COc1ccc(/C=C/C(=O)O[C@H](C)C(=O)NC23CC4CC(CC(C4)C2)C3)cc1OC. The Labute approximate surface area is 178 Å². The molecule has 0 saturated heterocycles. The van der Waals surface area contributed by atoms with E-state index in [1.807, 2.05) is 6.07 Å². The van der Waals surface area contributed by atoms with Gasteiger partial charge >= 0.3 is 5.97 Å². The van der Waals surface area contributed by atoms with E-state index in [-0.39, 0.29) is 11.4 Å². The smallest absolute Gasteiger partial charge is 0.331 e. The lowest BCUT2D eigenvalue weighted by atomic mass is 9.53. The van der Waals surface area contributed by atoms with Gasteiger partial charge in [-0.25, -0.2) is 4.79 Å². The van der Waals surface area contributed by atoms with E-state index in [4.69, 9.17) is 14.2 Å². The molecular formula is C24H31NO5. The maximum absolute atomic E-state index is 12.7. The summed E-state index contributed by atoms with van der Waals surface area (Å²) in [4.78, 5) is 25.0. The summed E-state index contributed by atoms with van der Waals surface area (Å²) in [5.41, 5.74) is 0.692. The minimum absolute atomic E-state index is 0.0814. The van der Waals surface area contributed by atoms with Crippen molar-refractivity contribution >= 4 is 18.0 Å². The van der Waals surface area contributed by atoms with Crippen LogP contribution in [0.3, 0.4) is 0 Å². The molecule has 1 aromatic rings. The molecule has 1 N–H and O–H groups in total. The first-order chi connectivity index (χ1) is 14.4. The summed E-state index contributed by atoms with van der Waals surface area (Å²) in [6.45, 7) is 1.64. The Hall–Kier alpha value is -2.50. The van der Waals surface area contributed by atoms with E-state index in [1.54, 1.807) is 39.4 Å². The Morgan fingerprint density at radius 3 is 2.20 bits per heavy atom. The lowest BCUT2D eigenvalue weighted by Crippen LogP contribution is -2.61. The van der Waals surface area contributed by atoms with Crippen LogP contribution in [0.4, 0.5) is 0 Å². The summed E-state index contributed by atoms with van der Waals surface area (Å²) < 4.78 is 15.8. The van der Waals surface area contributed by atoms with Crippen LogP contribution < -0.4 is 14.8 Å². The Kier molecular flexibility index (Phi) is 5.76. The van der Waals surface area contributed by atoms with E-state index in [9.17, 15) is 9.59 Å². The van der Waals surface area contributed by atoms with Gasteiger partial charge in [-0.15, -0.1) is 0 Å². The van der Waals surface area contributed by atoms with E-state index in [1.165, 1.54) is 25.3 Å². The second kappa shape index (κ2) is 8.32. The average Bonchev–Trinajstić information content (AvgIpc) is 2.70. The highest BCUT2D eigenvalue weighted by Gasteiger charge is 2.51. The quantitative estimate of drug-likeness (QED) is 0.545. The Bertz CT molecular complexity index is 811. The number of methoxy groups -OCH3 is 2. The van der Waals surface area contributed by atoms with Gasteiger partial charge in [-0.05, 0) is 87.0 Å². The fraction of sp³-hybridized carbons (Fsp3) is 0.583. The molecule has 1 atom stereocenters. The van der Waals surface area contributed by atoms with E-state index in [2.05, 4.69) is 5.32 Å². The minimum Gasteiger partial charge on any atom is -0.493 e. The van der Waals surface area contributed by atoms with Crippen LogP contribution in [0.5, 0.6) is 11.5 Å². The fourth-order valence-corrected chi connectivity index (χ4v) is 6.01.